The third-order valence-corrected chi connectivity index (χ3v) is 4.21. The van der Waals surface area contributed by atoms with Gasteiger partial charge in [-0.05, 0) is 13.0 Å². The van der Waals surface area contributed by atoms with Gasteiger partial charge in [-0.25, -0.2) is 4.79 Å². The normalized spacial score (nSPS) is 15.0. The average molecular weight is 357 g/mol. The van der Waals surface area contributed by atoms with Crippen molar-refractivity contribution in [3.8, 4) is 17.5 Å². The number of hydrogen-bond donors (Lipinski definition) is 4. The number of nitrogens with zero attached hydrogens (tertiary/aromatic N) is 2. The van der Waals surface area contributed by atoms with Crippen molar-refractivity contribution in [3.05, 3.63) is 71.5 Å². The molecule has 1 aliphatic heterocycles. The summed E-state index contributed by atoms with van der Waals surface area (Å²) in [7, 11) is 0. The molecule has 0 spiro atoms. The largest absolute Gasteiger partial charge is 0.508 e. The van der Waals surface area contributed by atoms with Gasteiger partial charge in [0.2, 0.25) is 11.8 Å². The van der Waals surface area contributed by atoms with Gasteiger partial charge in [-0.15, -0.1) is 5.10 Å². The van der Waals surface area contributed by atoms with Crippen LogP contribution < -0.4 is 16.0 Å². The van der Waals surface area contributed by atoms with E-state index in [1.54, 1.807) is 6.92 Å². The second-order valence-electron chi connectivity index (χ2n) is 5.75. The lowest BCUT2D eigenvalue weighted by molar-refractivity contribution is -0.384. The number of aromatic hydroxyl groups is 1. The van der Waals surface area contributed by atoms with E-state index in [-0.39, 0.29) is 34.3 Å². The minimum Gasteiger partial charge on any atom is -0.508 e. The molecule has 3 heterocycles. The summed E-state index contributed by atoms with van der Waals surface area (Å²) in [5.74, 6) is -1.19. The Balaban J connectivity index is 2.08. The monoisotopic (exact) mass is 357 g/mol. The zero-order valence-corrected chi connectivity index (χ0v) is 13.2. The molecule has 0 radical (unpaired) electrons. The molecule has 11 nitrogen and oxygen atoms in total. The molecule has 0 saturated carbocycles. The Hall–Kier alpha value is -3.89. The van der Waals surface area contributed by atoms with Crippen molar-refractivity contribution < 1.29 is 14.8 Å². The van der Waals surface area contributed by atoms with Crippen LogP contribution in [-0.4, -0.2) is 30.2 Å². The summed E-state index contributed by atoms with van der Waals surface area (Å²) in [5, 5.41) is 28.1. The molecule has 1 aliphatic rings. The molecular formula is C15H11N5O6. The van der Waals surface area contributed by atoms with Gasteiger partial charge < -0.3 is 9.84 Å². The topological polar surface area (TPSA) is 167 Å². The van der Waals surface area contributed by atoms with Crippen LogP contribution in [0.15, 0.2) is 27.8 Å². The molecule has 1 aromatic carbocycles. The summed E-state index contributed by atoms with van der Waals surface area (Å²) in [6, 6.07) is 3.51. The van der Waals surface area contributed by atoms with E-state index in [0.717, 1.165) is 6.07 Å². The van der Waals surface area contributed by atoms with Gasteiger partial charge in [0.05, 0.1) is 16.4 Å². The molecule has 3 aromatic rings. The summed E-state index contributed by atoms with van der Waals surface area (Å²) in [6.07, 6.45) is 0. The minimum atomic E-state index is -0.923. The fourth-order valence-corrected chi connectivity index (χ4v) is 3.09. The predicted molar refractivity (Wildman–Crippen MR) is 86.8 cm³/mol. The lowest BCUT2D eigenvalue weighted by atomic mass is 9.84. The summed E-state index contributed by atoms with van der Waals surface area (Å²) < 4.78 is 5.50. The van der Waals surface area contributed by atoms with Gasteiger partial charge in [0.15, 0.2) is 0 Å². The number of benzene rings is 1. The van der Waals surface area contributed by atoms with Crippen molar-refractivity contribution >= 4 is 5.69 Å². The first-order chi connectivity index (χ1) is 12.4. The first-order valence-electron chi connectivity index (χ1n) is 7.43. The Morgan fingerprint density at radius 3 is 2.77 bits per heavy atom. The molecule has 132 valence electrons. The Morgan fingerprint density at radius 1 is 1.27 bits per heavy atom. The number of rotatable bonds is 2. The fourth-order valence-electron chi connectivity index (χ4n) is 3.09. The van der Waals surface area contributed by atoms with Crippen molar-refractivity contribution in [2.24, 2.45) is 0 Å². The zero-order valence-electron chi connectivity index (χ0n) is 13.2. The first-order valence-corrected chi connectivity index (χ1v) is 7.43. The molecule has 1 unspecified atom stereocenters. The van der Waals surface area contributed by atoms with E-state index >= 15 is 0 Å². The number of phenolic OH excluding ortho intramolecular Hbond substituents is 1. The molecule has 4 rings (SSSR count). The zero-order chi connectivity index (χ0) is 18.6. The molecule has 4 N–H and O–H groups in total. The van der Waals surface area contributed by atoms with Crippen LogP contribution in [0, 0.1) is 17.0 Å². The highest BCUT2D eigenvalue weighted by molar-refractivity contribution is 5.59. The van der Waals surface area contributed by atoms with E-state index in [2.05, 4.69) is 20.2 Å². The molecule has 26 heavy (non-hydrogen) atoms. The minimum absolute atomic E-state index is 0.0115. The second kappa shape index (κ2) is 5.31. The van der Waals surface area contributed by atoms with E-state index in [1.807, 2.05) is 0 Å². The van der Waals surface area contributed by atoms with Crippen molar-refractivity contribution in [2.45, 2.75) is 12.8 Å². The van der Waals surface area contributed by atoms with Crippen LogP contribution in [0.25, 0.3) is 0 Å². The van der Waals surface area contributed by atoms with Gasteiger partial charge in [0.25, 0.3) is 11.2 Å². The van der Waals surface area contributed by atoms with Crippen LogP contribution in [0.4, 0.5) is 5.69 Å². The van der Waals surface area contributed by atoms with Gasteiger partial charge in [-0.1, -0.05) is 0 Å². The maximum Gasteiger partial charge on any atom is 0.328 e. The van der Waals surface area contributed by atoms with Crippen molar-refractivity contribution in [3.63, 3.8) is 0 Å². The van der Waals surface area contributed by atoms with Crippen LogP contribution in [0.3, 0.4) is 0 Å². The average Bonchev–Trinajstić information content (AvgIpc) is 2.94. The number of H-pyrrole nitrogens is 3. The number of non-ortho nitro benzene ring substituents is 1. The highest BCUT2D eigenvalue weighted by Gasteiger charge is 2.37. The standard InChI is InChI=1S/C15H11N5O6/c1-5-9-10(7-4-6(20(24)25)2-3-8(7)21)11-12(22)16-15(23)17-13(11)26-14(9)19-18-5/h2-4,10,21H,1H3,(H,18,19)(H2,16,17,22,23). The van der Waals surface area contributed by atoms with Gasteiger partial charge in [-0.3, -0.25) is 30.0 Å². The third-order valence-electron chi connectivity index (χ3n) is 4.21. The molecule has 2 aromatic heterocycles. The Bertz CT molecular complexity index is 1170. The van der Waals surface area contributed by atoms with Gasteiger partial charge >= 0.3 is 5.69 Å². The van der Waals surface area contributed by atoms with E-state index in [1.165, 1.54) is 12.1 Å². The summed E-state index contributed by atoms with van der Waals surface area (Å²) >= 11 is 0. The van der Waals surface area contributed by atoms with Gasteiger partial charge in [-0.2, -0.15) is 0 Å². The SMILES string of the molecule is Cc1[nH]nc2c1C(c1cc([N+](=O)[O-])ccc1O)c1c([nH]c(=O)[nH]c1=O)O2. The molecule has 0 aliphatic carbocycles. The van der Waals surface area contributed by atoms with E-state index in [0.29, 0.717) is 11.3 Å². The number of nitro groups is 1. The van der Waals surface area contributed by atoms with Crippen LogP contribution in [0.2, 0.25) is 0 Å². The number of nitro benzene ring substituents is 1. The van der Waals surface area contributed by atoms with E-state index in [4.69, 9.17) is 4.74 Å². The highest BCUT2D eigenvalue weighted by atomic mass is 16.6. The molecule has 0 amide bonds. The Labute approximate surface area is 143 Å². The van der Waals surface area contributed by atoms with Gasteiger partial charge in [0.1, 0.15) is 5.75 Å². The second-order valence-corrected chi connectivity index (χ2v) is 5.75. The van der Waals surface area contributed by atoms with Crippen LogP contribution in [-0.2, 0) is 0 Å². The summed E-state index contributed by atoms with van der Waals surface area (Å²) in [5.41, 5.74) is -0.644. The molecule has 0 bridgehead atoms. The van der Waals surface area contributed by atoms with Gasteiger partial charge in [0, 0.05) is 29.0 Å². The number of ether oxygens (including phenoxy) is 1. The number of aryl methyl sites for hydroxylation is 1. The van der Waals surface area contributed by atoms with E-state index in [9.17, 15) is 24.8 Å². The molecule has 11 heteroatoms. The summed E-state index contributed by atoms with van der Waals surface area (Å²) in [4.78, 5) is 39.0. The predicted octanol–water partition coefficient (Wildman–Crippen LogP) is 0.994. The molecule has 0 saturated heterocycles. The number of hydrogen-bond acceptors (Lipinski definition) is 7. The number of aromatic amines is 3. The number of fused-ring (bicyclic) bond motifs is 2. The smallest absolute Gasteiger partial charge is 0.328 e. The number of nitrogens with one attached hydrogen (secondary N) is 3. The van der Waals surface area contributed by atoms with Crippen molar-refractivity contribution in [1.82, 2.24) is 20.2 Å². The Morgan fingerprint density at radius 2 is 2.04 bits per heavy atom. The Kier molecular flexibility index (Phi) is 3.19. The van der Waals surface area contributed by atoms with Crippen LogP contribution in [0.1, 0.15) is 28.3 Å². The molecule has 0 fully saturated rings. The quantitative estimate of drug-likeness (QED) is 0.306. The van der Waals surface area contributed by atoms with Crippen LogP contribution >= 0.6 is 0 Å². The number of aromatic nitrogens is 4. The third kappa shape index (κ3) is 2.17. The molecular weight excluding hydrogens is 346 g/mol. The van der Waals surface area contributed by atoms with E-state index < -0.39 is 22.1 Å². The molecule has 1 atom stereocenters. The van der Waals surface area contributed by atoms with Crippen molar-refractivity contribution in [2.75, 3.05) is 0 Å². The first kappa shape index (κ1) is 15.6. The maximum atomic E-state index is 12.4. The number of phenols is 1. The highest BCUT2D eigenvalue weighted by Crippen LogP contribution is 2.47. The fraction of sp³-hybridized carbons (Fsp3) is 0.133. The lowest BCUT2D eigenvalue weighted by Crippen LogP contribution is -2.30. The maximum absolute atomic E-state index is 12.4. The summed E-state index contributed by atoms with van der Waals surface area (Å²) in [6.45, 7) is 1.68. The lowest BCUT2D eigenvalue weighted by Gasteiger charge is -2.24. The van der Waals surface area contributed by atoms with Crippen molar-refractivity contribution in [1.29, 1.82) is 0 Å². The van der Waals surface area contributed by atoms with Crippen LogP contribution in [0.5, 0.6) is 17.5 Å².